The Hall–Kier alpha value is -0.610. The number of hydrogen-bond acceptors (Lipinski definition) is 4. The maximum absolute atomic E-state index is 5.90. The van der Waals surface area contributed by atoms with Crippen LogP contribution in [0.1, 0.15) is 70.4 Å². The van der Waals surface area contributed by atoms with Crippen LogP contribution in [0, 0.1) is 5.92 Å². The van der Waals surface area contributed by atoms with Crippen LogP contribution in [-0.4, -0.2) is 18.1 Å². The van der Waals surface area contributed by atoms with Crippen molar-refractivity contribution in [1.29, 1.82) is 0 Å². The van der Waals surface area contributed by atoms with E-state index < -0.39 is 0 Å². The Morgan fingerprint density at radius 3 is 2.25 bits per heavy atom. The standard InChI is InChI=1S/C16H31N3S/c1-6-12(5)15-14(10-17)20-16(18-15)19(9-4)11-13(7-2)8-3/h12-13H,6-11,17H2,1-5H3. The third kappa shape index (κ3) is 4.19. The minimum absolute atomic E-state index is 0.505. The van der Waals surface area contributed by atoms with E-state index in [1.54, 1.807) is 11.3 Å². The topological polar surface area (TPSA) is 42.2 Å². The molecular formula is C16H31N3S. The second-order valence-electron chi connectivity index (χ2n) is 5.54. The highest BCUT2D eigenvalue weighted by Crippen LogP contribution is 2.32. The molecule has 116 valence electrons. The number of nitrogens with zero attached hydrogens (tertiary/aromatic N) is 2. The molecule has 0 aliphatic carbocycles. The van der Waals surface area contributed by atoms with Gasteiger partial charge in [-0.15, -0.1) is 11.3 Å². The molecule has 0 radical (unpaired) electrons. The summed E-state index contributed by atoms with van der Waals surface area (Å²) in [4.78, 5) is 8.59. The van der Waals surface area contributed by atoms with E-state index in [0.717, 1.165) is 30.6 Å². The van der Waals surface area contributed by atoms with Gasteiger partial charge in [0.25, 0.3) is 0 Å². The van der Waals surface area contributed by atoms with Gasteiger partial charge in [0.2, 0.25) is 0 Å². The fraction of sp³-hybridized carbons (Fsp3) is 0.812. The summed E-state index contributed by atoms with van der Waals surface area (Å²) in [7, 11) is 0. The van der Waals surface area contributed by atoms with E-state index in [-0.39, 0.29) is 0 Å². The Kier molecular flexibility index (Phi) is 7.52. The van der Waals surface area contributed by atoms with Crippen molar-refractivity contribution < 1.29 is 0 Å². The lowest BCUT2D eigenvalue weighted by Gasteiger charge is -2.24. The molecule has 0 fully saturated rings. The first-order valence-electron chi connectivity index (χ1n) is 8.05. The van der Waals surface area contributed by atoms with E-state index in [9.17, 15) is 0 Å². The average molecular weight is 298 g/mol. The summed E-state index contributed by atoms with van der Waals surface area (Å²) >= 11 is 1.79. The zero-order valence-electron chi connectivity index (χ0n) is 13.8. The van der Waals surface area contributed by atoms with Crippen LogP contribution < -0.4 is 10.6 Å². The van der Waals surface area contributed by atoms with Crippen molar-refractivity contribution in [2.75, 3.05) is 18.0 Å². The highest BCUT2D eigenvalue weighted by molar-refractivity contribution is 7.15. The Bertz CT molecular complexity index is 385. The van der Waals surface area contributed by atoms with Gasteiger partial charge < -0.3 is 10.6 Å². The number of thiazole rings is 1. The molecule has 1 atom stereocenters. The van der Waals surface area contributed by atoms with Crippen LogP contribution in [0.2, 0.25) is 0 Å². The molecule has 20 heavy (non-hydrogen) atoms. The van der Waals surface area contributed by atoms with E-state index in [2.05, 4.69) is 39.5 Å². The zero-order chi connectivity index (χ0) is 15.1. The lowest BCUT2D eigenvalue weighted by molar-refractivity contribution is 0.485. The van der Waals surface area contributed by atoms with Gasteiger partial charge in [-0.3, -0.25) is 0 Å². The molecule has 0 bridgehead atoms. The highest BCUT2D eigenvalue weighted by Gasteiger charge is 2.19. The predicted molar refractivity (Wildman–Crippen MR) is 90.7 cm³/mol. The van der Waals surface area contributed by atoms with Crippen molar-refractivity contribution in [2.24, 2.45) is 11.7 Å². The van der Waals surface area contributed by atoms with Crippen molar-refractivity contribution in [2.45, 2.75) is 66.3 Å². The molecular weight excluding hydrogens is 266 g/mol. The molecule has 3 nitrogen and oxygen atoms in total. The fourth-order valence-electron chi connectivity index (χ4n) is 2.41. The van der Waals surface area contributed by atoms with Crippen LogP contribution >= 0.6 is 11.3 Å². The Morgan fingerprint density at radius 2 is 1.80 bits per heavy atom. The largest absolute Gasteiger partial charge is 0.348 e. The minimum Gasteiger partial charge on any atom is -0.348 e. The van der Waals surface area contributed by atoms with E-state index in [1.807, 2.05) is 0 Å². The van der Waals surface area contributed by atoms with E-state index in [1.165, 1.54) is 23.4 Å². The van der Waals surface area contributed by atoms with Gasteiger partial charge in [-0.25, -0.2) is 4.98 Å². The lowest BCUT2D eigenvalue weighted by atomic mass is 10.0. The number of anilines is 1. The molecule has 0 aliphatic rings. The smallest absolute Gasteiger partial charge is 0.185 e. The minimum atomic E-state index is 0.505. The average Bonchev–Trinajstić information content (AvgIpc) is 2.91. The number of aromatic nitrogens is 1. The molecule has 1 unspecified atom stereocenters. The van der Waals surface area contributed by atoms with Crippen molar-refractivity contribution >= 4 is 16.5 Å². The zero-order valence-corrected chi connectivity index (χ0v) is 14.6. The molecule has 1 rings (SSSR count). The van der Waals surface area contributed by atoms with Crippen LogP contribution in [0.4, 0.5) is 5.13 Å². The first-order valence-corrected chi connectivity index (χ1v) is 8.87. The molecule has 0 saturated carbocycles. The second-order valence-corrected chi connectivity index (χ2v) is 6.60. The molecule has 0 amide bonds. The second kappa shape index (κ2) is 8.63. The molecule has 4 heteroatoms. The maximum atomic E-state index is 5.90. The van der Waals surface area contributed by atoms with Crippen molar-refractivity contribution in [3.8, 4) is 0 Å². The van der Waals surface area contributed by atoms with Crippen molar-refractivity contribution in [1.82, 2.24) is 4.98 Å². The van der Waals surface area contributed by atoms with Crippen LogP contribution in [-0.2, 0) is 6.54 Å². The van der Waals surface area contributed by atoms with Crippen LogP contribution in [0.5, 0.6) is 0 Å². The Balaban J connectivity index is 2.95. The van der Waals surface area contributed by atoms with Gasteiger partial charge >= 0.3 is 0 Å². The van der Waals surface area contributed by atoms with E-state index >= 15 is 0 Å². The third-order valence-electron chi connectivity index (χ3n) is 4.27. The molecule has 0 spiro atoms. The number of rotatable bonds is 9. The van der Waals surface area contributed by atoms with Gasteiger partial charge in [-0.1, -0.05) is 40.5 Å². The summed E-state index contributed by atoms with van der Waals surface area (Å²) in [5, 5.41) is 1.16. The summed E-state index contributed by atoms with van der Waals surface area (Å²) in [5.41, 5.74) is 7.12. The SMILES string of the molecule is CCC(CC)CN(CC)c1nc(C(C)CC)c(CN)s1. The summed E-state index contributed by atoms with van der Waals surface area (Å²) in [5.74, 6) is 1.26. The van der Waals surface area contributed by atoms with Gasteiger partial charge in [0, 0.05) is 24.5 Å². The molecule has 1 aromatic rings. The predicted octanol–water partition coefficient (Wildman–Crippen LogP) is 4.38. The van der Waals surface area contributed by atoms with Gasteiger partial charge in [-0.2, -0.15) is 0 Å². The molecule has 2 N–H and O–H groups in total. The third-order valence-corrected chi connectivity index (χ3v) is 5.42. The van der Waals surface area contributed by atoms with E-state index in [4.69, 9.17) is 10.7 Å². The summed E-state index contributed by atoms with van der Waals surface area (Å²) in [6.45, 7) is 14.0. The van der Waals surface area contributed by atoms with Gasteiger partial charge in [0.05, 0.1) is 5.69 Å². The van der Waals surface area contributed by atoms with Crippen molar-refractivity contribution in [3.05, 3.63) is 10.6 Å². The number of hydrogen-bond donors (Lipinski definition) is 1. The number of nitrogens with two attached hydrogens (primary N) is 1. The van der Waals surface area contributed by atoms with Crippen LogP contribution in [0.15, 0.2) is 0 Å². The maximum Gasteiger partial charge on any atom is 0.185 e. The van der Waals surface area contributed by atoms with Gasteiger partial charge in [-0.05, 0) is 25.2 Å². The van der Waals surface area contributed by atoms with Gasteiger partial charge in [0.1, 0.15) is 0 Å². The summed E-state index contributed by atoms with van der Waals surface area (Å²) in [6.07, 6.45) is 3.59. The lowest BCUT2D eigenvalue weighted by Crippen LogP contribution is -2.28. The molecule has 0 aliphatic heterocycles. The summed E-state index contributed by atoms with van der Waals surface area (Å²) < 4.78 is 0. The first-order chi connectivity index (χ1) is 9.60. The molecule has 0 aromatic carbocycles. The Labute approximate surface area is 128 Å². The van der Waals surface area contributed by atoms with Gasteiger partial charge in [0.15, 0.2) is 5.13 Å². The highest BCUT2D eigenvalue weighted by atomic mass is 32.1. The molecule has 1 heterocycles. The monoisotopic (exact) mass is 297 g/mol. The van der Waals surface area contributed by atoms with Crippen LogP contribution in [0.3, 0.4) is 0 Å². The van der Waals surface area contributed by atoms with E-state index in [0.29, 0.717) is 12.5 Å². The normalized spacial score (nSPS) is 12.9. The van der Waals surface area contributed by atoms with Crippen molar-refractivity contribution in [3.63, 3.8) is 0 Å². The molecule has 1 aromatic heterocycles. The Morgan fingerprint density at radius 1 is 1.15 bits per heavy atom. The first kappa shape index (κ1) is 17.4. The summed E-state index contributed by atoms with van der Waals surface area (Å²) in [6, 6.07) is 0. The quantitative estimate of drug-likeness (QED) is 0.735. The fourth-order valence-corrected chi connectivity index (χ4v) is 3.54. The molecule has 0 saturated heterocycles. The van der Waals surface area contributed by atoms with Crippen LogP contribution in [0.25, 0.3) is 0 Å².